The van der Waals surface area contributed by atoms with Gasteiger partial charge >= 0.3 is 0 Å². The van der Waals surface area contributed by atoms with E-state index >= 15 is 0 Å². The first kappa shape index (κ1) is 5.86. The van der Waals surface area contributed by atoms with Crippen LogP contribution in [-0.4, -0.2) is 5.94 Å². The molecule has 1 aromatic heterocycles. The standard InChI is InChI=1S/C7H6O2/c1-6(4-8)7-2-3-9-5-7/h2-3,5H,1H3. The molecule has 0 N–H and O–H groups in total. The molecule has 46 valence electrons. The van der Waals surface area contributed by atoms with E-state index in [4.69, 9.17) is 4.42 Å². The zero-order chi connectivity index (χ0) is 6.69. The molecule has 1 aromatic rings. The molecule has 0 radical (unpaired) electrons. The topological polar surface area (TPSA) is 30.2 Å². The number of hydrogen-bond donors (Lipinski definition) is 0. The maximum atomic E-state index is 10.00. The number of rotatable bonds is 1. The normalized spacial score (nSPS) is 8.56. The van der Waals surface area contributed by atoms with Crippen LogP contribution in [-0.2, 0) is 4.79 Å². The van der Waals surface area contributed by atoms with Crippen molar-refractivity contribution in [3.63, 3.8) is 0 Å². The molecular weight excluding hydrogens is 116 g/mol. The molecule has 0 bridgehead atoms. The molecule has 0 unspecified atom stereocenters. The van der Waals surface area contributed by atoms with E-state index in [1.54, 1.807) is 18.9 Å². The van der Waals surface area contributed by atoms with Crippen molar-refractivity contribution in [3.05, 3.63) is 24.2 Å². The molecule has 0 saturated carbocycles. The Balaban J connectivity index is 3.03. The van der Waals surface area contributed by atoms with Crippen molar-refractivity contribution in [2.75, 3.05) is 0 Å². The van der Waals surface area contributed by atoms with Crippen molar-refractivity contribution in [1.29, 1.82) is 0 Å². The summed E-state index contributed by atoms with van der Waals surface area (Å²) in [6.07, 6.45) is 3.04. The first-order valence-corrected chi connectivity index (χ1v) is 2.59. The smallest absolute Gasteiger partial charge is 0.128 e. The van der Waals surface area contributed by atoms with Gasteiger partial charge in [0.15, 0.2) is 0 Å². The lowest BCUT2D eigenvalue weighted by Gasteiger charge is -1.82. The van der Waals surface area contributed by atoms with Gasteiger partial charge in [0.2, 0.25) is 0 Å². The summed E-state index contributed by atoms with van der Waals surface area (Å²) in [7, 11) is 0. The minimum atomic E-state index is 0.573. The molecule has 0 aliphatic carbocycles. The Morgan fingerprint density at radius 2 is 2.56 bits per heavy atom. The van der Waals surface area contributed by atoms with Gasteiger partial charge in [-0.15, -0.1) is 0 Å². The summed E-state index contributed by atoms with van der Waals surface area (Å²) in [4.78, 5) is 10.00. The number of hydrogen-bond acceptors (Lipinski definition) is 2. The van der Waals surface area contributed by atoms with Crippen LogP contribution in [0.25, 0.3) is 5.57 Å². The molecule has 0 spiro atoms. The average molecular weight is 122 g/mol. The van der Waals surface area contributed by atoms with Crippen molar-refractivity contribution < 1.29 is 9.21 Å². The third-order valence-corrected chi connectivity index (χ3v) is 1.11. The SMILES string of the molecule is CC(=C=O)c1ccoc1. The van der Waals surface area contributed by atoms with E-state index in [-0.39, 0.29) is 0 Å². The molecule has 9 heavy (non-hydrogen) atoms. The van der Waals surface area contributed by atoms with Crippen LogP contribution in [0, 0.1) is 0 Å². The first-order chi connectivity index (χ1) is 4.34. The Labute approximate surface area is 52.8 Å². The van der Waals surface area contributed by atoms with Crippen molar-refractivity contribution in [2.45, 2.75) is 6.92 Å². The van der Waals surface area contributed by atoms with Gasteiger partial charge in [0.1, 0.15) is 5.94 Å². The predicted octanol–water partition coefficient (Wildman–Crippen LogP) is 1.51. The molecule has 0 aliphatic rings. The second-order valence-corrected chi connectivity index (χ2v) is 1.74. The van der Waals surface area contributed by atoms with E-state index in [9.17, 15) is 4.79 Å². The zero-order valence-electron chi connectivity index (χ0n) is 5.05. The highest BCUT2D eigenvalue weighted by molar-refractivity contribution is 5.85. The van der Waals surface area contributed by atoms with E-state index in [0.29, 0.717) is 5.57 Å². The van der Waals surface area contributed by atoms with Gasteiger partial charge in [-0.3, -0.25) is 0 Å². The summed E-state index contributed by atoms with van der Waals surface area (Å²) in [6.45, 7) is 1.69. The minimum Gasteiger partial charge on any atom is -0.472 e. The lowest BCUT2D eigenvalue weighted by molar-refractivity contribution is 0.565. The van der Waals surface area contributed by atoms with E-state index in [1.807, 2.05) is 0 Å². The van der Waals surface area contributed by atoms with Crippen LogP contribution in [0.3, 0.4) is 0 Å². The summed E-state index contributed by atoms with van der Waals surface area (Å²) in [6, 6.07) is 1.72. The molecule has 0 aliphatic heterocycles. The number of carbonyl (C=O) groups excluding carboxylic acids is 1. The van der Waals surface area contributed by atoms with Crippen molar-refractivity contribution in [3.8, 4) is 0 Å². The van der Waals surface area contributed by atoms with Gasteiger partial charge in [-0.2, -0.15) is 0 Å². The molecular formula is C7H6O2. The lowest BCUT2D eigenvalue weighted by atomic mass is 10.2. The average Bonchev–Trinajstić information content (AvgIpc) is 2.37. The molecule has 2 nitrogen and oxygen atoms in total. The van der Waals surface area contributed by atoms with E-state index in [1.165, 1.54) is 12.5 Å². The van der Waals surface area contributed by atoms with Crippen LogP contribution >= 0.6 is 0 Å². The Morgan fingerprint density at radius 1 is 1.78 bits per heavy atom. The fraction of sp³-hybridized carbons (Fsp3) is 0.143. The lowest BCUT2D eigenvalue weighted by Crippen LogP contribution is -1.71. The summed E-state index contributed by atoms with van der Waals surface area (Å²) in [5, 5.41) is 0. The summed E-state index contributed by atoms with van der Waals surface area (Å²) < 4.78 is 4.74. The van der Waals surface area contributed by atoms with Gasteiger partial charge in [0.05, 0.1) is 12.5 Å². The Bertz CT molecular complexity index is 227. The van der Waals surface area contributed by atoms with E-state index in [0.717, 1.165) is 5.56 Å². The van der Waals surface area contributed by atoms with E-state index in [2.05, 4.69) is 0 Å². The molecule has 0 amide bonds. The highest BCUT2D eigenvalue weighted by Crippen LogP contribution is 2.09. The molecule has 1 rings (SSSR count). The maximum absolute atomic E-state index is 10.00. The van der Waals surface area contributed by atoms with Crippen molar-refractivity contribution in [2.24, 2.45) is 0 Å². The van der Waals surface area contributed by atoms with Gasteiger partial charge in [-0.25, -0.2) is 4.79 Å². The van der Waals surface area contributed by atoms with Crippen LogP contribution in [0.15, 0.2) is 23.0 Å². The summed E-state index contributed by atoms with van der Waals surface area (Å²) >= 11 is 0. The third kappa shape index (κ3) is 1.09. The van der Waals surface area contributed by atoms with Gasteiger partial charge in [-0.05, 0) is 13.0 Å². The van der Waals surface area contributed by atoms with Crippen LogP contribution in [0.4, 0.5) is 0 Å². The molecule has 0 fully saturated rings. The van der Waals surface area contributed by atoms with Crippen LogP contribution in [0.5, 0.6) is 0 Å². The Morgan fingerprint density at radius 3 is 3.00 bits per heavy atom. The predicted molar refractivity (Wildman–Crippen MR) is 33.5 cm³/mol. The summed E-state index contributed by atoms with van der Waals surface area (Å²) in [5.74, 6) is 1.77. The molecule has 0 aromatic carbocycles. The quantitative estimate of drug-likeness (QED) is 0.528. The molecule has 0 atom stereocenters. The Kier molecular flexibility index (Phi) is 1.52. The molecule has 2 heteroatoms. The van der Waals surface area contributed by atoms with Crippen LogP contribution in [0.2, 0.25) is 0 Å². The van der Waals surface area contributed by atoms with Gasteiger partial charge in [0, 0.05) is 11.1 Å². The fourth-order valence-electron chi connectivity index (χ4n) is 0.537. The largest absolute Gasteiger partial charge is 0.472 e. The monoisotopic (exact) mass is 122 g/mol. The Hall–Kier alpha value is -1.27. The molecule has 1 heterocycles. The molecule has 0 saturated heterocycles. The van der Waals surface area contributed by atoms with Gasteiger partial charge in [-0.1, -0.05) is 0 Å². The second-order valence-electron chi connectivity index (χ2n) is 1.74. The van der Waals surface area contributed by atoms with Crippen molar-refractivity contribution in [1.82, 2.24) is 0 Å². The first-order valence-electron chi connectivity index (χ1n) is 2.59. The fourth-order valence-corrected chi connectivity index (χ4v) is 0.537. The van der Waals surface area contributed by atoms with Gasteiger partial charge in [0.25, 0.3) is 0 Å². The van der Waals surface area contributed by atoms with Gasteiger partial charge < -0.3 is 4.42 Å². The minimum absolute atomic E-state index is 0.573. The number of allylic oxidation sites excluding steroid dienone is 1. The highest BCUT2D eigenvalue weighted by Gasteiger charge is 1.94. The zero-order valence-corrected chi connectivity index (χ0v) is 5.05. The second kappa shape index (κ2) is 2.33. The van der Waals surface area contributed by atoms with Crippen molar-refractivity contribution >= 4 is 11.5 Å². The van der Waals surface area contributed by atoms with E-state index < -0.39 is 0 Å². The maximum Gasteiger partial charge on any atom is 0.128 e. The number of furan rings is 1. The highest BCUT2D eigenvalue weighted by atomic mass is 16.3. The third-order valence-electron chi connectivity index (χ3n) is 1.11. The summed E-state index contributed by atoms with van der Waals surface area (Å²) in [5.41, 5.74) is 1.37. The van der Waals surface area contributed by atoms with Crippen LogP contribution < -0.4 is 0 Å². The van der Waals surface area contributed by atoms with Crippen LogP contribution in [0.1, 0.15) is 12.5 Å².